The van der Waals surface area contributed by atoms with E-state index in [2.05, 4.69) is 0 Å². The summed E-state index contributed by atoms with van der Waals surface area (Å²) in [7, 11) is 0. The first-order chi connectivity index (χ1) is 11.6. The Morgan fingerprint density at radius 2 is 1.96 bits per heavy atom. The molecule has 0 N–H and O–H groups in total. The van der Waals surface area contributed by atoms with Gasteiger partial charge >= 0.3 is 0 Å². The van der Waals surface area contributed by atoms with Gasteiger partial charge in [-0.15, -0.1) is 0 Å². The Hall–Kier alpha value is -1.55. The fraction of sp³-hybridized carbons (Fsp3) is 0.579. The lowest BCUT2D eigenvalue weighted by Crippen LogP contribution is -2.45. The summed E-state index contributed by atoms with van der Waals surface area (Å²) in [5.74, 6) is -0.135. The molecule has 0 bridgehead atoms. The van der Waals surface area contributed by atoms with Crippen LogP contribution in [0.15, 0.2) is 24.3 Å². The number of anilines is 1. The zero-order valence-electron chi connectivity index (χ0n) is 14.2. The van der Waals surface area contributed by atoms with Crippen LogP contribution in [0.5, 0.6) is 0 Å². The second-order valence-corrected chi connectivity index (χ2v) is 7.18. The number of para-hydroxylation sites is 1. The number of halogens is 1. The van der Waals surface area contributed by atoms with Crippen molar-refractivity contribution < 1.29 is 9.59 Å². The van der Waals surface area contributed by atoms with Gasteiger partial charge in [-0.2, -0.15) is 0 Å². The second-order valence-electron chi connectivity index (χ2n) is 6.77. The number of benzene rings is 1. The normalized spacial score (nSPS) is 22.0. The van der Waals surface area contributed by atoms with E-state index in [1.54, 1.807) is 11.0 Å². The smallest absolute Gasteiger partial charge is 0.228 e. The van der Waals surface area contributed by atoms with Gasteiger partial charge in [0.25, 0.3) is 0 Å². The van der Waals surface area contributed by atoms with Crippen molar-refractivity contribution in [2.24, 2.45) is 5.92 Å². The molecule has 2 aliphatic rings. The Morgan fingerprint density at radius 1 is 1.25 bits per heavy atom. The van der Waals surface area contributed by atoms with Crippen LogP contribution in [0.3, 0.4) is 0 Å². The summed E-state index contributed by atoms with van der Waals surface area (Å²) in [4.78, 5) is 29.1. The number of hydrogen-bond acceptors (Lipinski definition) is 2. The number of hydrogen-bond donors (Lipinski definition) is 0. The van der Waals surface area contributed by atoms with Crippen LogP contribution in [0.2, 0.25) is 5.02 Å². The lowest BCUT2D eigenvalue weighted by Gasteiger charge is -2.35. The molecule has 2 amide bonds. The van der Waals surface area contributed by atoms with Crippen molar-refractivity contribution in [2.45, 2.75) is 51.5 Å². The van der Waals surface area contributed by atoms with Crippen molar-refractivity contribution in [1.29, 1.82) is 0 Å². The Balaban J connectivity index is 1.72. The maximum absolute atomic E-state index is 13.0. The third kappa shape index (κ3) is 3.44. The summed E-state index contributed by atoms with van der Waals surface area (Å²) < 4.78 is 0. The van der Waals surface area contributed by atoms with Gasteiger partial charge in [0.15, 0.2) is 0 Å². The van der Waals surface area contributed by atoms with Crippen LogP contribution in [0.1, 0.15) is 45.4 Å². The van der Waals surface area contributed by atoms with E-state index in [1.807, 2.05) is 30.0 Å². The highest BCUT2D eigenvalue weighted by Gasteiger charge is 2.39. The van der Waals surface area contributed by atoms with Gasteiger partial charge in [0.1, 0.15) is 0 Å². The number of amides is 2. The maximum atomic E-state index is 13.0. The quantitative estimate of drug-likeness (QED) is 0.828. The third-order valence-corrected chi connectivity index (χ3v) is 5.58. The van der Waals surface area contributed by atoms with Gasteiger partial charge in [-0.05, 0) is 31.9 Å². The summed E-state index contributed by atoms with van der Waals surface area (Å²) in [5.41, 5.74) is 0.709. The number of nitrogens with zero attached hydrogens (tertiary/aromatic N) is 2. The second kappa shape index (κ2) is 7.56. The Labute approximate surface area is 148 Å². The van der Waals surface area contributed by atoms with Gasteiger partial charge in [0, 0.05) is 25.6 Å². The van der Waals surface area contributed by atoms with E-state index in [0.29, 0.717) is 23.3 Å². The highest BCUT2D eigenvalue weighted by Crippen LogP contribution is 2.32. The summed E-state index contributed by atoms with van der Waals surface area (Å²) in [6, 6.07) is 7.67. The highest BCUT2D eigenvalue weighted by atomic mass is 35.5. The molecule has 1 aromatic carbocycles. The van der Waals surface area contributed by atoms with E-state index in [-0.39, 0.29) is 24.2 Å². The average Bonchev–Trinajstić information content (AvgIpc) is 2.98. The Morgan fingerprint density at radius 3 is 2.62 bits per heavy atom. The molecule has 2 fully saturated rings. The SMILES string of the molecule is CCN(C(=O)C1CC(=O)N(c2ccccc2Cl)C1)C1CCCCC1. The van der Waals surface area contributed by atoms with Crippen molar-refractivity contribution >= 4 is 29.1 Å². The first-order valence-corrected chi connectivity index (χ1v) is 9.35. The number of rotatable bonds is 4. The molecule has 0 aromatic heterocycles. The average molecular weight is 349 g/mol. The molecule has 24 heavy (non-hydrogen) atoms. The summed E-state index contributed by atoms with van der Waals surface area (Å²) in [6.45, 7) is 3.19. The van der Waals surface area contributed by atoms with E-state index < -0.39 is 0 Å². The molecule has 5 heteroatoms. The fourth-order valence-corrected chi connectivity index (χ4v) is 4.24. The lowest BCUT2D eigenvalue weighted by molar-refractivity contribution is -0.138. The van der Waals surface area contributed by atoms with Gasteiger partial charge in [-0.25, -0.2) is 0 Å². The lowest BCUT2D eigenvalue weighted by atomic mass is 9.93. The first kappa shape index (κ1) is 17.3. The van der Waals surface area contributed by atoms with Crippen molar-refractivity contribution in [1.82, 2.24) is 4.90 Å². The van der Waals surface area contributed by atoms with Gasteiger partial charge in [0.05, 0.1) is 16.6 Å². The van der Waals surface area contributed by atoms with E-state index in [4.69, 9.17) is 11.6 Å². The molecule has 1 aromatic rings. The summed E-state index contributed by atoms with van der Waals surface area (Å²) in [6.07, 6.45) is 6.13. The molecule has 0 radical (unpaired) electrons. The van der Waals surface area contributed by atoms with Crippen LogP contribution >= 0.6 is 11.6 Å². The maximum Gasteiger partial charge on any atom is 0.228 e. The van der Waals surface area contributed by atoms with Crippen LogP contribution in [-0.4, -0.2) is 35.8 Å². The molecule has 3 rings (SSSR count). The Kier molecular flexibility index (Phi) is 5.44. The van der Waals surface area contributed by atoms with Crippen LogP contribution in [-0.2, 0) is 9.59 Å². The minimum absolute atomic E-state index is 0.0128. The van der Waals surface area contributed by atoms with E-state index in [9.17, 15) is 9.59 Å². The Bertz CT molecular complexity index is 613. The van der Waals surface area contributed by atoms with Crippen molar-refractivity contribution in [2.75, 3.05) is 18.0 Å². The topological polar surface area (TPSA) is 40.6 Å². The molecule has 1 unspecified atom stereocenters. The predicted octanol–water partition coefficient (Wildman–Crippen LogP) is 3.87. The minimum atomic E-state index is -0.254. The van der Waals surface area contributed by atoms with Gasteiger partial charge in [-0.3, -0.25) is 9.59 Å². The zero-order valence-corrected chi connectivity index (χ0v) is 15.0. The summed E-state index contributed by atoms with van der Waals surface area (Å²) in [5, 5.41) is 0.554. The molecular formula is C19H25ClN2O2. The van der Waals surface area contributed by atoms with Crippen LogP contribution in [0, 0.1) is 5.92 Å². The third-order valence-electron chi connectivity index (χ3n) is 5.26. The number of carbonyl (C=O) groups excluding carboxylic acids is 2. The molecule has 1 saturated heterocycles. The molecule has 130 valence electrons. The van der Waals surface area contributed by atoms with Crippen LogP contribution < -0.4 is 4.90 Å². The molecule has 1 saturated carbocycles. The van der Waals surface area contributed by atoms with Crippen molar-refractivity contribution in [3.63, 3.8) is 0 Å². The monoisotopic (exact) mass is 348 g/mol. The van der Waals surface area contributed by atoms with Gasteiger partial charge in [0.2, 0.25) is 11.8 Å². The van der Waals surface area contributed by atoms with E-state index in [1.165, 1.54) is 19.3 Å². The van der Waals surface area contributed by atoms with Crippen LogP contribution in [0.4, 0.5) is 5.69 Å². The molecule has 1 aliphatic carbocycles. The van der Waals surface area contributed by atoms with Crippen molar-refractivity contribution in [3.8, 4) is 0 Å². The summed E-state index contributed by atoms with van der Waals surface area (Å²) >= 11 is 6.22. The molecule has 1 atom stereocenters. The van der Waals surface area contributed by atoms with Crippen molar-refractivity contribution in [3.05, 3.63) is 29.3 Å². The van der Waals surface area contributed by atoms with Gasteiger partial charge in [-0.1, -0.05) is 43.0 Å². The highest BCUT2D eigenvalue weighted by molar-refractivity contribution is 6.33. The first-order valence-electron chi connectivity index (χ1n) is 8.97. The molecular weight excluding hydrogens is 324 g/mol. The van der Waals surface area contributed by atoms with Gasteiger partial charge < -0.3 is 9.80 Å². The molecule has 1 heterocycles. The molecule has 1 aliphatic heterocycles. The zero-order chi connectivity index (χ0) is 17.1. The minimum Gasteiger partial charge on any atom is -0.340 e. The predicted molar refractivity (Wildman–Crippen MR) is 96.2 cm³/mol. The van der Waals surface area contributed by atoms with Crippen LogP contribution in [0.25, 0.3) is 0 Å². The van der Waals surface area contributed by atoms with E-state index >= 15 is 0 Å². The fourth-order valence-electron chi connectivity index (χ4n) is 4.00. The standard InChI is InChI=1S/C19H25ClN2O2/c1-2-21(15-8-4-3-5-9-15)19(24)14-12-18(23)22(13-14)17-11-7-6-10-16(17)20/h6-7,10-11,14-15H,2-5,8-9,12-13H2,1H3. The molecule has 0 spiro atoms. The number of carbonyl (C=O) groups is 2. The van der Waals surface area contributed by atoms with E-state index in [0.717, 1.165) is 19.4 Å². The molecule has 4 nitrogen and oxygen atoms in total. The largest absolute Gasteiger partial charge is 0.340 e.